The van der Waals surface area contributed by atoms with Crippen molar-refractivity contribution in [2.24, 2.45) is 33.9 Å². The summed E-state index contributed by atoms with van der Waals surface area (Å²) >= 11 is 0. The molecule has 66 heavy (non-hydrogen) atoms. The molecule has 6 aliphatic rings. The molecule has 0 aromatic heterocycles. The SMILES string of the molecule is CNCC1CCCC12CCC(OC(=O)C1=COC(OC3OC(CO)C(O)C(O)(O)C3OC(C)C)C(C=C3CCCCC3)C1C=CC1=C(NC(N)=NCCCO)C(C(=O)O)=C[NH+](CCO)C1)C2. The topological polar surface area (TPSA) is 289 Å². The van der Waals surface area contributed by atoms with Gasteiger partial charge in [0, 0.05) is 24.6 Å². The lowest BCUT2D eigenvalue weighted by Gasteiger charge is -2.48. The number of carbonyl (C=O) groups excluding carboxylic acids is 1. The van der Waals surface area contributed by atoms with Crippen molar-refractivity contribution >= 4 is 17.9 Å². The molecule has 3 saturated carbocycles. The molecule has 19 nitrogen and oxygen atoms in total. The zero-order valence-electron chi connectivity index (χ0n) is 38.6. The summed E-state index contributed by atoms with van der Waals surface area (Å²) in [5.74, 6) is -6.00. The zero-order valence-corrected chi connectivity index (χ0v) is 38.6. The number of aliphatic hydroxyl groups excluding tert-OH is 4. The Bertz CT molecular complexity index is 1860. The van der Waals surface area contributed by atoms with Gasteiger partial charge in [-0.05, 0) is 103 Å². The molecular weight excluding hydrogens is 859 g/mol. The van der Waals surface area contributed by atoms with Gasteiger partial charge in [0.2, 0.25) is 12.1 Å². The Balaban J connectivity index is 1.44. The predicted octanol–water partition coefficient (Wildman–Crippen LogP) is -0.0234. The van der Waals surface area contributed by atoms with E-state index in [4.69, 9.17) is 29.4 Å². The third-order valence-electron chi connectivity index (χ3n) is 14.0. The summed E-state index contributed by atoms with van der Waals surface area (Å²) in [6, 6.07) is 0. The summed E-state index contributed by atoms with van der Waals surface area (Å²) in [6.45, 7) is 3.71. The van der Waals surface area contributed by atoms with Crippen LogP contribution in [0.2, 0.25) is 0 Å². The second kappa shape index (κ2) is 23.5. The number of quaternary nitrogens is 1. The first-order valence-corrected chi connectivity index (χ1v) is 23.7. The van der Waals surface area contributed by atoms with E-state index >= 15 is 0 Å². The van der Waals surface area contributed by atoms with Crippen LogP contribution in [0.1, 0.15) is 90.9 Å². The molecule has 4 fully saturated rings. The number of hydrogen-bond acceptors (Lipinski definition) is 15. The van der Waals surface area contributed by atoms with Crippen LogP contribution in [0.4, 0.5) is 0 Å². The highest BCUT2D eigenvalue weighted by molar-refractivity contribution is 5.94. The quantitative estimate of drug-likeness (QED) is 0.0203. The normalized spacial score (nSPS) is 33.8. The van der Waals surface area contributed by atoms with Gasteiger partial charge in [-0.2, -0.15) is 0 Å². The van der Waals surface area contributed by atoms with Crippen molar-refractivity contribution in [1.29, 1.82) is 0 Å². The highest BCUT2D eigenvalue weighted by Crippen LogP contribution is 2.55. The molecule has 0 aromatic rings. The number of carbonyl (C=O) groups is 2. The van der Waals surface area contributed by atoms with Crippen molar-refractivity contribution in [3.8, 4) is 0 Å². The average Bonchev–Trinajstić information content (AvgIpc) is 3.88. The van der Waals surface area contributed by atoms with E-state index in [1.807, 2.05) is 13.1 Å². The molecule has 11 atom stereocenters. The zero-order chi connectivity index (χ0) is 47.6. The monoisotopic (exact) mass is 933 g/mol. The molecular formula is C47H74N5O14+. The molecule has 3 heterocycles. The Morgan fingerprint density at radius 3 is 2.53 bits per heavy atom. The lowest BCUT2D eigenvalue weighted by atomic mass is 9.76. The summed E-state index contributed by atoms with van der Waals surface area (Å²) in [7, 11) is 1.96. The number of nitrogens with zero attached hydrogens (tertiary/aromatic N) is 1. The van der Waals surface area contributed by atoms with Gasteiger partial charge < -0.3 is 80.7 Å². The Hall–Kier alpha value is -3.73. The summed E-state index contributed by atoms with van der Waals surface area (Å²) in [4.78, 5) is 32.4. The fraction of sp³-hybridized carbons (Fsp3) is 0.723. The van der Waals surface area contributed by atoms with Crippen LogP contribution in [0.5, 0.6) is 0 Å². The fourth-order valence-corrected chi connectivity index (χ4v) is 10.7. The molecule has 0 amide bonds. The van der Waals surface area contributed by atoms with Crippen molar-refractivity contribution < 1.29 is 73.9 Å². The first-order chi connectivity index (χ1) is 31.6. The summed E-state index contributed by atoms with van der Waals surface area (Å²) < 4.78 is 31.1. The Labute approximate surface area is 387 Å². The molecule has 11 unspecified atom stereocenters. The van der Waals surface area contributed by atoms with Crippen LogP contribution in [0.15, 0.2) is 63.7 Å². The number of aliphatic imine (C=N–C) groups is 1. The highest BCUT2D eigenvalue weighted by Gasteiger charge is 2.58. The van der Waals surface area contributed by atoms with E-state index in [2.05, 4.69) is 15.6 Å². The molecule has 0 bridgehead atoms. The van der Waals surface area contributed by atoms with E-state index in [0.29, 0.717) is 22.8 Å². The third kappa shape index (κ3) is 12.3. The number of allylic oxidation sites excluding steroid dienone is 2. The number of nitrogens with one attached hydrogen (secondary N) is 3. The number of hydrogen-bond donors (Lipinski definition) is 11. The van der Waals surface area contributed by atoms with E-state index in [1.165, 1.54) is 12.5 Å². The first-order valence-electron chi connectivity index (χ1n) is 23.7. The number of ether oxygens (including phenoxy) is 5. The van der Waals surface area contributed by atoms with Crippen LogP contribution >= 0.6 is 0 Å². The van der Waals surface area contributed by atoms with Crippen molar-refractivity contribution in [3.05, 3.63) is 58.7 Å². The van der Waals surface area contributed by atoms with E-state index in [1.54, 1.807) is 26.0 Å². The van der Waals surface area contributed by atoms with Crippen molar-refractivity contribution in [1.82, 2.24) is 10.6 Å². The molecule has 0 aromatic carbocycles. The van der Waals surface area contributed by atoms with Gasteiger partial charge in [0.05, 0.1) is 42.8 Å². The smallest absolute Gasteiger partial charge is 0.343 e. The van der Waals surface area contributed by atoms with Gasteiger partial charge in [-0.25, -0.2) is 9.59 Å². The van der Waals surface area contributed by atoms with Gasteiger partial charge in [-0.1, -0.05) is 36.6 Å². The summed E-state index contributed by atoms with van der Waals surface area (Å²) in [5.41, 5.74) is 8.12. The summed E-state index contributed by atoms with van der Waals surface area (Å²) in [5, 5.41) is 79.5. The maximum Gasteiger partial charge on any atom is 0.343 e. The lowest BCUT2D eigenvalue weighted by Crippen LogP contribution is -3.09. The largest absolute Gasteiger partial charge is 0.477 e. The number of carboxylic acids is 1. The molecule has 19 heteroatoms. The van der Waals surface area contributed by atoms with Crippen LogP contribution in [-0.4, -0.2) is 156 Å². The Morgan fingerprint density at radius 2 is 1.85 bits per heavy atom. The lowest BCUT2D eigenvalue weighted by molar-refractivity contribution is -0.843. The van der Waals surface area contributed by atoms with Crippen LogP contribution in [0, 0.1) is 23.2 Å². The van der Waals surface area contributed by atoms with Gasteiger partial charge in [0.25, 0.3) is 0 Å². The molecule has 1 spiro atoms. The third-order valence-corrected chi connectivity index (χ3v) is 14.0. The van der Waals surface area contributed by atoms with Crippen molar-refractivity contribution in [2.45, 2.75) is 140 Å². The van der Waals surface area contributed by atoms with Gasteiger partial charge >= 0.3 is 11.9 Å². The maximum atomic E-state index is 14.7. The van der Waals surface area contributed by atoms with Gasteiger partial charge in [0.1, 0.15) is 43.2 Å². The number of guanidine groups is 1. The van der Waals surface area contributed by atoms with Crippen LogP contribution in [0.25, 0.3) is 0 Å². The Kier molecular flexibility index (Phi) is 18.4. The molecule has 6 rings (SSSR count). The van der Waals surface area contributed by atoms with Crippen LogP contribution in [0.3, 0.4) is 0 Å². The van der Waals surface area contributed by atoms with Crippen LogP contribution in [-0.2, 0) is 33.3 Å². The molecule has 12 N–H and O–H groups in total. The maximum absolute atomic E-state index is 14.7. The second-order valence-corrected chi connectivity index (χ2v) is 18.9. The number of aliphatic carboxylic acids is 1. The average molecular weight is 933 g/mol. The minimum atomic E-state index is -2.92. The highest BCUT2D eigenvalue weighted by atomic mass is 16.8. The number of nitrogens with two attached hydrogens (primary N) is 1. The predicted molar refractivity (Wildman–Crippen MR) is 240 cm³/mol. The summed E-state index contributed by atoms with van der Waals surface area (Å²) in [6.07, 6.45) is 9.95. The van der Waals surface area contributed by atoms with Crippen LogP contribution < -0.4 is 21.3 Å². The number of carboxylic acid groups (broad SMARTS) is 1. The fourth-order valence-electron chi connectivity index (χ4n) is 10.7. The molecule has 3 aliphatic carbocycles. The minimum Gasteiger partial charge on any atom is -0.477 e. The Morgan fingerprint density at radius 1 is 1.08 bits per heavy atom. The molecule has 370 valence electrons. The van der Waals surface area contributed by atoms with Gasteiger partial charge in [-0.15, -0.1) is 0 Å². The molecule has 0 radical (unpaired) electrons. The van der Waals surface area contributed by atoms with Crippen molar-refractivity contribution in [3.63, 3.8) is 0 Å². The number of rotatable bonds is 19. The standard InChI is InChI=1S/C47H73N5O14/c1-28(2)63-40-44(65-37(26-55)39(56)47(40,60)61)66-43-34(21-29-9-5-4-6-10-29)33(36(27-62-43)42(59)64-32-14-16-46(22-32)15-7-11-31(46)23-49-3)13-12-30-24-52(18-20-54)25-35(41(57)58)38(30)51-45(48)50-17-8-19-53/h12-13,21,25,27-28,31-34,37,39-40,43-44,49,53-56,60-61H,4-11,14-20,22-24,26H2,1-3H3,(H,57,58)(H3,48,50,51)/p+1. The second-order valence-electron chi connectivity index (χ2n) is 18.9. The van der Waals surface area contributed by atoms with E-state index in [-0.39, 0.29) is 67.2 Å². The molecule has 1 saturated heterocycles. The van der Waals surface area contributed by atoms with E-state index < -0.39 is 73.2 Å². The van der Waals surface area contributed by atoms with Crippen molar-refractivity contribution in [2.75, 3.05) is 53.0 Å². The first kappa shape index (κ1) is 51.7. The minimum absolute atomic E-state index is 0.0694. The van der Waals surface area contributed by atoms with Gasteiger partial charge in [-0.3, -0.25) is 4.99 Å². The van der Waals surface area contributed by atoms with E-state index in [0.717, 1.165) is 82.7 Å². The number of aliphatic hydroxyl groups is 6. The molecule has 3 aliphatic heterocycles. The van der Waals surface area contributed by atoms with E-state index in [9.17, 15) is 45.3 Å². The van der Waals surface area contributed by atoms with Gasteiger partial charge in [0.15, 0.2) is 18.4 Å². The number of esters is 1.